The van der Waals surface area contributed by atoms with Crippen molar-refractivity contribution >= 4 is 6.21 Å². The van der Waals surface area contributed by atoms with Gasteiger partial charge in [0.15, 0.2) is 0 Å². The summed E-state index contributed by atoms with van der Waals surface area (Å²) in [5.74, 6) is 0. The minimum atomic E-state index is 0.961. The van der Waals surface area contributed by atoms with Crippen LogP contribution in [0.3, 0.4) is 0 Å². The van der Waals surface area contributed by atoms with Crippen molar-refractivity contribution in [3.05, 3.63) is 41.4 Å². The van der Waals surface area contributed by atoms with Crippen molar-refractivity contribution in [2.24, 2.45) is 4.99 Å². The number of nitrogens with zero attached hydrogens (tertiary/aromatic N) is 2. The molecule has 0 radical (unpaired) electrons. The summed E-state index contributed by atoms with van der Waals surface area (Å²) in [5.41, 5.74) is 3.52. The van der Waals surface area contributed by atoms with E-state index in [2.05, 4.69) is 36.8 Å². The van der Waals surface area contributed by atoms with Gasteiger partial charge in [0.2, 0.25) is 0 Å². The van der Waals surface area contributed by atoms with E-state index in [9.17, 15) is 0 Å². The molecule has 0 aromatic carbocycles. The second kappa shape index (κ2) is 6.12. The second-order valence-corrected chi connectivity index (χ2v) is 3.69. The molecular weight excluding hydrogens is 184 g/mol. The molecule has 0 fully saturated rings. The van der Waals surface area contributed by atoms with Crippen LogP contribution in [-0.2, 0) is 6.42 Å². The second-order valence-electron chi connectivity index (χ2n) is 3.69. The molecule has 0 aliphatic carbocycles. The average Bonchev–Trinajstić information content (AvgIpc) is 2.39. The quantitative estimate of drug-likeness (QED) is 0.633. The Kier molecular flexibility index (Phi) is 4.75. The molecule has 15 heavy (non-hydrogen) atoms. The van der Waals surface area contributed by atoms with Crippen LogP contribution in [0, 0.1) is 0 Å². The van der Waals surface area contributed by atoms with E-state index in [4.69, 9.17) is 0 Å². The highest BCUT2D eigenvalue weighted by atomic mass is 14.7. The summed E-state index contributed by atoms with van der Waals surface area (Å²) in [6, 6.07) is 4.06. The van der Waals surface area contributed by atoms with Crippen LogP contribution < -0.4 is 0 Å². The number of aliphatic imine (C=N–C) groups is 1. The van der Waals surface area contributed by atoms with Gasteiger partial charge in [-0.3, -0.25) is 9.98 Å². The zero-order chi connectivity index (χ0) is 11.1. The molecule has 1 aliphatic rings. The molecule has 80 valence electrons. The van der Waals surface area contributed by atoms with Crippen LogP contribution in [0.5, 0.6) is 0 Å². The van der Waals surface area contributed by atoms with Gasteiger partial charge in [0.05, 0.1) is 11.9 Å². The first-order valence-electron chi connectivity index (χ1n) is 5.40. The van der Waals surface area contributed by atoms with E-state index in [-0.39, 0.29) is 0 Å². The summed E-state index contributed by atoms with van der Waals surface area (Å²) in [6.45, 7) is 6.33. The van der Waals surface area contributed by atoms with Crippen LogP contribution in [0.25, 0.3) is 0 Å². The molecule has 1 aliphatic heterocycles. The summed E-state index contributed by atoms with van der Waals surface area (Å²) >= 11 is 0. The van der Waals surface area contributed by atoms with Gasteiger partial charge in [0.25, 0.3) is 0 Å². The monoisotopic (exact) mass is 202 g/mol. The van der Waals surface area contributed by atoms with E-state index in [1.807, 2.05) is 18.5 Å². The summed E-state index contributed by atoms with van der Waals surface area (Å²) < 4.78 is 0. The molecule has 0 spiro atoms. The van der Waals surface area contributed by atoms with E-state index >= 15 is 0 Å². The molecule has 0 atom stereocenters. The van der Waals surface area contributed by atoms with E-state index in [0.717, 1.165) is 12.1 Å². The van der Waals surface area contributed by atoms with Crippen molar-refractivity contribution in [2.75, 3.05) is 0 Å². The molecule has 0 amide bonds. The maximum Gasteiger partial charge on any atom is 0.0847 e. The number of fused-ring (bicyclic) bond motifs is 1. The Labute approximate surface area is 91.8 Å². The minimum Gasteiger partial charge on any atom is -0.263 e. The first-order valence-corrected chi connectivity index (χ1v) is 5.40. The third-order valence-electron chi connectivity index (χ3n) is 1.89. The Bertz CT molecular complexity index is 365. The lowest BCUT2D eigenvalue weighted by Gasteiger charge is -2.00. The third kappa shape index (κ3) is 3.66. The van der Waals surface area contributed by atoms with Gasteiger partial charge in [0.1, 0.15) is 0 Å². The Morgan fingerprint density at radius 1 is 1.33 bits per heavy atom. The molecule has 2 heteroatoms. The van der Waals surface area contributed by atoms with Gasteiger partial charge in [-0.2, -0.15) is 0 Å². The largest absolute Gasteiger partial charge is 0.263 e. The normalized spacial score (nSPS) is 13.1. The summed E-state index contributed by atoms with van der Waals surface area (Å²) in [4.78, 5) is 8.37. The topological polar surface area (TPSA) is 25.2 Å². The van der Waals surface area contributed by atoms with Gasteiger partial charge in [0, 0.05) is 12.4 Å². The van der Waals surface area contributed by atoms with E-state index in [1.54, 1.807) is 6.20 Å². The number of rotatable bonds is 0. The van der Waals surface area contributed by atoms with Crippen molar-refractivity contribution in [1.82, 2.24) is 4.98 Å². The number of aromatic nitrogens is 1. The lowest BCUT2D eigenvalue weighted by molar-refractivity contribution is 1.09. The fourth-order valence-corrected chi connectivity index (χ4v) is 1.30. The van der Waals surface area contributed by atoms with Gasteiger partial charge in [-0.15, -0.1) is 0 Å². The van der Waals surface area contributed by atoms with E-state index < -0.39 is 0 Å². The molecular formula is C13H18N2. The van der Waals surface area contributed by atoms with Crippen molar-refractivity contribution < 1.29 is 0 Å². The Morgan fingerprint density at radius 2 is 2.07 bits per heavy atom. The van der Waals surface area contributed by atoms with Crippen molar-refractivity contribution in [3.8, 4) is 0 Å². The Morgan fingerprint density at radius 3 is 2.80 bits per heavy atom. The van der Waals surface area contributed by atoms with E-state index in [1.165, 1.54) is 17.6 Å². The molecule has 1 aromatic heterocycles. The maximum atomic E-state index is 4.23. The lowest BCUT2D eigenvalue weighted by atomic mass is 10.1. The first kappa shape index (κ1) is 11.6. The highest BCUT2D eigenvalue weighted by Crippen LogP contribution is 2.12. The van der Waals surface area contributed by atoms with Gasteiger partial charge in [-0.1, -0.05) is 31.9 Å². The predicted octanol–water partition coefficient (Wildman–Crippen LogP) is 3.38. The third-order valence-corrected chi connectivity index (χ3v) is 1.89. The molecule has 0 saturated heterocycles. The summed E-state index contributed by atoms with van der Waals surface area (Å²) in [6.07, 6.45) is 7.71. The van der Waals surface area contributed by atoms with Crippen LogP contribution in [0.4, 0.5) is 0 Å². The molecule has 0 bridgehead atoms. The fourth-order valence-electron chi connectivity index (χ4n) is 1.30. The van der Waals surface area contributed by atoms with E-state index in [0.29, 0.717) is 0 Å². The number of hydrogen-bond donors (Lipinski definition) is 0. The average molecular weight is 202 g/mol. The van der Waals surface area contributed by atoms with Crippen LogP contribution in [0.2, 0.25) is 0 Å². The summed E-state index contributed by atoms with van der Waals surface area (Å²) in [5, 5.41) is 0. The number of hydrogen-bond acceptors (Lipinski definition) is 2. The Balaban J connectivity index is 0.000000337. The van der Waals surface area contributed by atoms with Gasteiger partial charge < -0.3 is 0 Å². The maximum absolute atomic E-state index is 4.23. The standard InChI is InChI=1S/C10H10N2.C3H8/c1-8-5-9-3-2-4-12-10(9)7-11-6-8;1-3-2/h2-4,6-7H,5H2,1H3;3H2,1-2H3. The smallest absolute Gasteiger partial charge is 0.0847 e. The number of pyridine rings is 1. The van der Waals surface area contributed by atoms with Crippen LogP contribution >= 0.6 is 0 Å². The van der Waals surface area contributed by atoms with Crippen molar-refractivity contribution in [1.29, 1.82) is 0 Å². The van der Waals surface area contributed by atoms with Gasteiger partial charge in [-0.05, 0) is 25.0 Å². The molecule has 0 N–H and O–H groups in total. The summed E-state index contributed by atoms with van der Waals surface area (Å²) in [7, 11) is 0. The molecule has 0 saturated carbocycles. The van der Waals surface area contributed by atoms with Crippen molar-refractivity contribution in [2.45, 2.75) is 33.6 Å². The minimum absolute atomic E-state index is 0.961. The Hall–Kier alpha value is -1.44. The fraction of sp³-hybridized carbons (Fsp3) is 0.385. The highest BCUT2D eigenvalue weighted by molar-refractivity contribution is 5.80. The predicted molar refractivity (Wildman–Crippen MR) is 65.3 cm³/mol. The van der Waals surface area contributed by atoms with Gasteiger partial charge >= 0.3 is 0 Å². The van der Waals surface area contributed by atoms with Crippen LogP contribution in [0.1, 0.15) is 38.4 Å². The molecule has 2 heterocycles. The van der Waals surface area contributed by atoms with Gasteiger partial charge in [-0.25, -0.2) is 0 Å². The molecule has 0 unspecified atom stereocenters. The highest BCUT2D eigenvalue weighted by Gasteiger charge is 2.03. The zero-order valence-electron chi connectivity index (χ0n) is 9.70. The van der Waals surface area contributed by atoms with Crippen LogP contribution in [-0.4, -0.2) is 11.2 Å². The number of allylic oxidation sites excluding steroid dienone is 1. The molecule has 2 rings (SSSR count). The first-order chi connectivity index (χ1) is 7.27. The van der Waals surface area contributed by atoms with Crippen molar-refractivity contribution in [3.63, 3.8) is 0 Å². The zero-order valence-corrected chi connectivity index (χ0v) is 9.70. The SMILES string of the molecule is CC1=CN=Cc2ncccc2C1.CCC. The lowest BCUT2D eigenvalue weighted by Crippen LogP contribution is -1.94. The molecule has 2 nitrogen and oxygen atoms in total. The van der Waals surface area contributed by atoms with Crippen LogP contribution in [0.15, 0.2) is 35.1 Å². The molecule has 1 aromatic rings.